The van der Waals surface area contributed by atoms with Crippen LogP contribution in [0.5, 0.6) is 5.75 Å². The molecule has 1 atom stereocenters. The summed E-state index contributed by atoms with van der Waals surface area (Å²) in [6, 6.07) is 4.66. The molecule has 0 heterocycles. The summed E-state index contributed by atoms with van der Waals surface area (Å²) in [5.41, 5.74) is -0.323. The highest BCUT2D eigenvalue weighted by Gasteiger charge is 2.51. The minimum atomic E-state index is -4.23. The van der Waals surface area contributed by atoms with Gasteiger partial charge in [0.1, 0.15) is 0 Å². The summed E-state index contributed by atoms with van der Waals surface area (Å²) in [6.45, 7) is 1.15. The van der Waals surface area contributed by atoms with Gasteiger partial charge >= 0.3 is 6.18 Å². The van der Waals surface area contributed by atoms with Gasteiger partial charge in [0.25, 0.3) is 0 Å². The van der Waals surface area contributed by atoms with Gasteiger partial charge in [-0.2, -0.15) is 13.2 Å². The molecule has 19 heavy (non-hydrogen) atoms. The van der Waals surface area contributed by atoms with E-state index in [9.17, 15) is 17.6 Å². The molecule has 1 saturated carbocycles. The van der Waals surface area contributed by atoms with E-state index in [1.54, 1.807) is 12.1 Å². The second-order valence-electron chi connectivity index (χ2n) is 5.25. The second kappa shape index (κ2) is 4.69. The highest BCUT2D eigenvalue weighted by Crippen LogP contribution is 2.55. The number of halogens is 4. The highest BCUT2D eigenvalue weighted by atomic mass is 19.4. The van der Waals surface area contributed by atoms with E-state index < -0.39 is 23.3 Å². The van der Waals surface area contributed by atoms with E-state index in [0.29, 0.717) is 18.4 Å². The molecule has 0 amide bonds. The number of benzene rings is 1. The van der Waals surface area contributed by atoms with Gasteiger partial charge < -0.3 is 4.74 Å². The van der Waals surface area contributed by atoms with Crippen LogP contribution in [0.1, 0.15) is 31.7 Å². The van der Waals surface area contributed by atoms with Crippen LogP contribution in [0.4, 0.5) is 17.6 Å². The van der Waals surface area contributed by atoms with Crippen LogP contribution < -0.4 is 4.74 Å². The van der Waals surface area contributed by atoms with Gasteiger partial charge in [-0.15, -0.1) is 0 Å². The lowest BCUT2D eigenvalue weighted by atomic mass is 9.86. The summed E-state index contributed by atoms with van der Waals surface area (Å²) in [5.74, 6) is -1.87. The minimum Gasteiger partial charge on any atom is -0.494 e. The zero-order valence-electron chi connectivity index (χ0n) is 10.9. The van der Waals surface area contributed by atoms with E-state index in [1.807, 2.05) is 0 Å². The molecule has 1 nitrogen and oxygen atoms in total. The average molecular weight is 276 g/mol. The molecule has 106 valence electrons. The normalized spacial score (nSPS) is 19.1. The van der Waals surface area contributed by atoms with Gasteiger partial charge in [-0.05, 0) is 36.3 Å². The van der Waals surface area contributed by atoms with Crippen molar-refractivity contribution < 1.29 is 22.3 Å². The molecule has 0 N–H and O–H groups in total. The van der Waals surface area contributed by atoms with Gasteiger partial charge in [0, 0.05) is 0 Å². The summed E-state index contributed by atoms with van der Waals surface area (Å²) in [5, 5.41) is 0. The van der Waals surface area contributed by atoms with Crippen molar-refractivity contribution in [3.05, 3.63) is 29.6 Å². The van der Waals surface area contributed by atoms with Crippen molar-refractivity contribution in [3.63, 3.8) is 0 Å². The maximum absolute atomic E-state index is 14.1. The Labute approximate surface area is 109 Å². The van der Waals surface area contributed by atoms with Crippen molar-refractivity contribution in [1.29, 1.82) is 0 Å². The lowest BCUT2D eigenvalue weighted by Gasteiger charge is -2.23. The largest absolute Gasteiger partial charge is 0.494 e. The van der Waals surface area contributed by atoms with Crippen molar-refractivity contribution in [2.45, 2.75) is 37.8 Å². The van der Waals surface area contributed by atoms with Crippen molar-refractivity contribution in [3.8, 4) is 5.75 Å². The molecule has 0 aliphatic heterocycles. The molecule has 1 aliphatic rings. The third-order valence-corrected chi connectivity index (χ3v) is 3.86. The van der Waals surface area contributed by atoms with E-state index in [2.05, 4.69) is 0 Å². The molecular weight excluding hydrogens is 260 g/mol. The summed E-state index contributed by atoms with van der Waals surface area (Å²) in [7, 11) is 1.35. The fourth-order valence-corrected chi connectivity index (χ4v) is 2.51. The number of methoxy groups -OCH3 is 1. The molecule has 1 aliphatic carbocycles. The first-order valence-electron chi connectivity index (χ1n) is 6.20. The Balaban J connectivity index is 2.26. The molecule has 0 spiro atoms. The smallest absolute Gasteiger partial charge is 0.391 e. The summed E-state index contributed by atoms with van der Waals surface area (Å²) in [6.07, 6.45) is -3.11. The number of alkyl halides is 3. The van der Waals surface area contributed by atoms with Gasteiger partial charge in [-0.25, -0.2) is 4.39 Å². The Kier molecular flexibility index (Phi) is 3.49. The Bertz CT molecular complexity index is 463. The number of rotatable bonds is 4. The quantitative estimate of drug-likeness (QED) is 0.738. The van der Waals surface area contributed by atoms with E-state index in [-0.39, 0.29) is 12.2 Å². The minimum absolute atomic E-state index is 0.0689. The SMILES string of the molecule is COc1cccc(C2(CC(C)C(F)(F)F)CC2)c1F. The summed E-state index contributed by atoms with van der Waals surface area (Å²) in [4.78, 5) is 0. The topological polar surface area (TPSA) is 9.23 Å². The van der Waals surface area contributed by atoms with Gasteiger partial charge in [0.15, 0.2) is 11.6 Å². The van der Waals surface area contributed by atoms with Crippen LogP contribution in [0.25, 0.3) is 0 Å². The van der Waals surface area contributed by atoms with Crippen molar-refractivity contribution in [2.75, 3.05) is 7.11 Å². The number of hydrogen-bond acceptors (Lipinski definition) is 1. The summed E-state index contributed by atoms with van der Waals surface area (Å²) < 4.78 is 57.0. The Morgan fingerprint density at radius 2 is 1.95 bits per heavy atom. The summed E-state index contributed by atoms with van der Waals surface area (Å²) >= 11 is 0. The maximum atomic E-state index is 14.1. The lowest BCUT2D eigenvalue weighted by molar-refractivity contribution is -0.173. The Hall–Kier alpha value is -1.26. The molecular formula is C14H16F4O. The van der Waals surface area contributed by atoms with Crippen LogP contribution >= 0.6 is 0 Å². The van der Waals surface area contributed by atoms with E-state index >= 15 is 0 Å². The fraction of sp³-hybridized carbons (Fsp3) is 0.571. The molecule has 5 heteroatoms. The molecule has 0 radical (unpaired) electrons. The number of ether oxygens (including phenoxy) is 1. The van der Waals surface area contributed by atoms with Crippen LogP contribution in [0, 0.1) is 11.7 Å². The highest BCUT2D eigenvalue weighted by molar-refractivity contribution is 5.39. The Morgan fingerprint density at radius 1 is 1.32 bits per heavy atom. The first kappa shape index (κ1) is 14.2. The van der Waals surface area contributed by atoms with E-state index in [0.717, 1.165) is 6.92 Å². The van der Waals surface area contributed by atoms with Crippen molar-refractivity contribution in [2.24, 2.45) is 5.92 Å². The first-order valence-corrected chi connectivity index (χ1v) is 6.20. The predicted molar refractivity (Wildman–Crippen MR) is 63.7 cm³/mol. The van der Waals surface area contributed by atoms with E-state index in [1.165, 1.54) is 13.2 Å². The number of hydrogen-bond donors (Lipinski definition) is 0. The van der Waals surface area contributed by atoms with Gasteiger partial charge in [0.2, 0.25) is 0 Å². The monoisotopic (exact) mass is 276 g/mol. The van der Waals surface area contributed by atoms with Gasteiger partial charge in [-0.1, -0.05) is 19.1 Å². The molecule has 1 aromatic rings. The standard InChI is InChI=1S/C14H16F4O/c1-9(14(16,17)18)8-13(6-7-13)10-4-3-5-11(19-2)12(10)15/h3-5,9H,6-8H2,1-2H3. The van der Waals surface area contributed by atoms with Crippen LogP contribution in [0.15, 0.2) is 18.2 Å². The van der Waals surface area contributed by atoms with Gasteiger partial charge in [-0.3, -0.25) is 0 Å². The molecule has 2 rings (SSSR count). The van der Waals surface area contributed by atoms with Crippen LogP contribution in [0.3, 0.4) is 0 Å². The third kappa shape index (κ3) is 2.69. The van der Waals surface area contributed by atoms with Crippen molar-refractivity contribution >= 4 is 0 Å². The molecule has 1 unspecified atom stereocenters. The second-order valence-corrected chi connectivity index (χ2v) is 5.25. The van der Waals surface area contributed by atoms with Crippen LogP contribution in [-0.2, 0) is 5.41 Å². The van der Waals surface area contributed by atoms with Crippen LogP contribution in [-0.4, -0.2) is 13.3 Å². The molecule has 0 aromatic heterocycles. The Morgan fingerprint density at radius 3 is 2.42 bits per heavy atom. The maximum Gasteiger partial charge on any atom is 0.391 e. The van der Waals surface area contributed by atoms with Gasteiger partial charge in [0.05, 0.1) is 13.0 Å². The van der Waals surface area contributed by atoms with Crippen molar-refractivity contribution in [1.82, 2.24) is 0 Å². The predicted octanol–water partition coefficient (Wildman–Crippen LogP) is 4.45. The third-order valence-electron chi connectivity index (χ3n) is 3.86. The zero-order chi connectivity index (χ0) is 14.3. The lowest BCUT2D eigenvalue weighted by Crippen LogP contribution is -2.25. The molecule has 1 fully saturated rings. The molecule has 1 aromatic carbocycles. The molecule has 0 bridgehead atoms. The van der Waals surface area contributed by atoms with Crippen LogP contribution in [0.2, 0.25) is 0 Å². The fourth-order valence-electron chi connectivity index (χ4n) is 2.51. The first-order chi connectivity index (χ1) is 8.80. The van der Waals surface area contributed by atoms with E-state index in [4.69, 9.17) is 4.74 Å². The zero-order valence-corrected chi connectivity index (χ0v) is 10.9. The average Bonchev–Trinajstić information content (AvgIpc) is 3.09. The molecule has 0 saturated heterocycles.